The van der Waals surface area contributed by atoms with Gasteiger partial charge < -0.3 is 19.3 Å². The Balaban J connectivity index is 1.59. The van der Waals surface area contributed by atoms with Crippen LogP contribution in [0, 0.1) is 6.92 Å². The Labute approximate surface area is 163 Å². The molecule has 0 aliphatic heterocycles. The lowest BCUT2D eigenvalue weighted by Crippen LogP contribution is -2.37. The summed E-state index contributed by atoms with van der Waals surface area (Å²) in [7, 11) is 1.60. The van der Waals surface area contributed by atoms with Crippen LogP contribution in [0.1, 0.15) is 24.8 Å². The van der Waals surface area contributed by atoms with Gasteiger partial charge in [0.1, 0.15) is 11.5 Å². The summed E-state index contributed by atoms with van der Waals surface area (Å²) in [5.41, 5.74) is 1.91. The Morgan fingerprint density at radius 3 is 2.68 bits per heavy atom. The number of amides is 1. The maximum atomic E-state index is 12.4. The van der Waals surface area contributed by atoms with Crippen LogP contribution in [0.15, 0.2) is 53.1 Å². The van der Waals surface area contributed by atoms with Gasteiger partial charge >= 0.3 is 0 Å². The van der Waals surface area contributed by atoms with Gasteiger partial charge in [0.2, 0.25) is 11.7 Å². The number of ether oxygens (including phenoxy) is 2. The van der Waals surface area contributed by atoms with Crippen LogP contribution in [0.4, 0.5) is 0 Å². The summed E-state index contributed by atoms with van der Waals surface area (Å²) >= 11 is 0. The molecular formula is C21H23N3O4. The van der Waals surface area contributed by atoms with Crippen molar-refractivity contribution in [2.45, 2.75) is 32.9 Å². The molecule has 0 saturated carbocycles. The second-order valence-corrected chi connectivity index (χ2v) is 6.29. The van der Waals surface area contributed by atoms with Crippen molar-refractivity contribution in [3.05, 3.63) is 60.0 Å². The van der Waals surface area contributed by atoms with Crippen molar-refractivity contribution in [1.29, 1.82) is 0 Å². The van der Waals surface area contributed by atoms with Crippen molar-refractivity contribution in [2.24, 2.45) is 0 Å². The van der Waals surface area contributed by atoms with E-state index < -0.39 is 6.10 Å². The molecule has 1 N–H and O–H groups in total. The Morgan fingerprint density at radius 1 is 1.18 bits per heavy atom. The fourth-order valence-corrected chi connectivity index (χ4v) is 2.59. The molecule has 146 valence electrons. The number of carbonyl (C=O) groups excluding carboxylic acids is 1. The minimum Gasteiger partial charge on any atom is -0.497 e. The Hall–Kier alpha value is -3.35. The van der Waals surface area contributed by atoms with Crippen LogP contribution in [0.5, 0.6) is 11.5 Å². The van der Waals surface area contributed by atoms with Gasteiger partial charge in [-0.2, -0.15) is 4.98 Å². The maximum Gasteiger partial charge on any atom is 0.261 e. The molecule has 1 atom stereocenters. The summed E-state index contributed by atoms with van der Waals surface area (Å²) in [5.74, 6) is 1.88. The number of nitrogens with zero attached hydrogens (tertiary/aromatic N) is 2. The van der Waals surface area contributed by atoms with Gasteiger partial charge in [-0.25, -0.2) is 0 Å². The lowest BCUT2D eigenvalue weighted by Gasteiger charge is -2.16. The quantitative estimate of drug-likeness (QED) is 0.642. The average Bonchev–Trinajstić information content (AvgIpc) is 3.21. The van der Waals surface area contributed by atoms with E-state index >= 15 is 0 Å². The highest BCUT2D eigenvalue weighted by Gasteiger charge is 2.19. The van der Waals surface area contributed by atoms with Crippen molar-refractivity contribution in [3.8, 4) is 22.9 Å². The SMILES string of the molecule is CC[C@H](Oc1ccc(C)cc1)C(=O)NCc1nc(-c2cccc(OC)c2)no1. The van der Waals surface area contributed by atoms with E-state index in [1.54, 1.807) is 7.11 Å². The molecule has 0 aliphatic rings. The van der Waals surface area contributed by atoms with E-state index in [-0.39, 0.29) is 12.5 Å². The summed E-state index contributed by atoms with van der Waals surface area (Å²) in [5, 5.41) is 6.74. The predicted octanol–water partition coefficient (Wildman–Crippen LogP) is 3.53. The van der Waals surface area contributed by atoms with Crippen LogP contribution in [-0.2, 0) is 11.3 Å². The molecule has 0 fully saturated rings. The lowest BCUT2D eigenvalue weighted by atomic mass is 10.2. The molecule has 0 bridgehead atoms. The molecule has 0 spiro atoms. The number of carbonyl (C=O) groups is 1. The van der Waals surface area contributed by atoms with E-state index in [1.807, 2.05) is 62.4 Å². The van der Waals surface area contributed by atoms with Crippen molar-refractivity contribution >= 4 is 5.91 Å². The molecule has 3 rings (SSSR count). The van der Waals surface area contributed by atoms with Crippen LogP contribution in [0.2, 0.25) is 0 Å². The van der Waals surface area contributed by atoms with E-state index in [4.69, 9.17) is 14.0 Å². The largest absolute Gasteiger partial charge is 0.497 e. The van der Waals surface area contributed by atoms with Crippen molar-refractivity contribution in [3.63, 3.8) is 0 Å². The van der Waals surface area contributed by atoms with Gasteiger partial charge in [-0.1, -0.05) is 41.9 Å². The third-order valence-corrected chi connectivity index (χ3v) is 4.17. The first kappa shape index (κ1) is 19.4. The smallest absolute Gasteiger partial charge is 0.261 e. The Morgan fingerprint density at radius 2 is 1.96 bits per heavy atom. The first-order valence-electron chi connectivity index (χ1n) is 9.07. The molecule has 1 amide bonds. The standard InChI is InChI=1S/C21H23N3O4/c1-4-18(27-16-10-8-14(2)9-11-16)21(25)22-13-19-23-20(24-28-19)15-6-5-7-17(12-15)26-3/h5-12,18H,4,13H2,1-3H3,(H,22,25)/t18-/m0/s1. The number of aryl methyl sites for hydroxylation is 1. The minimum atomic E-state index is -0.594. The minimum absolute atomic E-state index is 0.129. The Kier molecular flexibility index (Phi) is 6.26. The van der Waals surface area contributed by atoms with Gasteiger partial charge in [-0.05, 0) is 37.6 Å². The van der Waals surface area contributed by atoms with Crippen molar-refractivity contribution < 1.29 is 18.8 Å². The molecule has 0 aliphatic carbocycles. The maximum absolute atomic E-state index is 12.4. The molecule has 7 heteroatoms. The van der Waals surface area contributed by atoms with Gasteiger partial charge in [-0.15, -0.1) is 0 Å². The monoisotopic (exact) mass is 381 g/mol. The van der Waals surface area contributed by atoms with Crippen molar-refractivity contribution in [1.82, 2.24) is 15.5 Å². The lowest BCUT2D eigenvalue weighted by molar-refractivity contribution is -0.128. The zero-order chi connectivity index (χ0) is 19.9. The molecule has 3 aromatic rings. The number of aromatic nitrogens is 2. The van der Waals surface area contributed by atoms with E-state index in [1.165, 1.54) is 0 Å². The highest BCUT2D eigenvalue weighted by molar-refractivity contribution is 5.81. The fraction of sp³-hybridized carbons (Fsp3) is 0.286. The molecule has 7 nitrogen and oxygen atoms in total. The predicted molar refractivity (Wildman–Crippen MR) is 104 cm³/mol. The zero-order valence-electron chi connectivity index (χ0n) is 16.1. The number of hydrogen-bond donors (Lipinski definition) is 1. The second-order valence-electron chi connectivity index (χ2n) is 6.29. The van der Waals surface area contributed by atoms with Crippen LogP contribution in [0.3, 0.4) is 0 Å². The highest BCUT2D eigenvalue weighted by Crippen LogP contribution is 2.21. The third kappa shape index (κ3) is 4.88. The molecule has 1 aromatic heterocycles. The van der Waals surface area contributed by atoms with Gasteiger partial charge in [0.25, 0.3) is 5.91 Å². The normalized spacial score (nSPS) is 11.7. The topological polar surface area (TPSA) is 86.5 Å². The van der Waals surface area contributed by atoms with Gasteiger partial charge in [0, 0.05) is 5.56 Å². The number of rotatable bonds is 8. The van der Waals surface area contributed by atoms with E-state index in [2.05, 4.69) is 15.5 Å². The average molecular weight is 381 g/mol. The third-order valence-electron chi connectivity index (χ3n) is 4.17. The Bertz CT molecular complexity index is 921. The van der Waals surface area contributed by atoms with Gasteiger partial charge in [0.05, 0.1) is 13.7 Å². The van der Waals surface area contributed by atoms with E-state index in [9.17, 15) is 4.79 Å². The summed E-state index contributed by atoms with van der Waals surface area (Å²) in [6.45, 7) is 4.02. The number of hydrogen-bond acceptors (Lipinski definition) is 6. The molecule has 0 saturated heterocycles. The van der Waals surface area contributed by atoms with E-state index in [0.29, 0.717) is 29.6 Å². The molecule has 1 heterocycles. The molecule has 0 unspecified atom stereocenters. The molecule has 0 radical (unpaired) electrons. The number of benzene rings is 2. The van der Waals surface area contributed by atoms with Crippen LogP contribution in [0.25, 0.3) is 11.4 Å². The first-order valence-corrected chi connectivity index (χ1v) is 9.07. The second kappa shape index (κ2) is 9.03. The summed E-state index contributed by atoms with van der Waals surface area (Å²) in [4.78, 5) is 16.8. The number of methoxy groups -OCH3 is 1. The summed E-state index contributed by atoms with van der Waals surface area (Å²) < 4.78 is 16.2. The van der Waals surface area contributed by atoms with Crippen molar-refractivity contribution in [2.75, 3.05) is 7.11 Å². The molecule has 2 aromatic carbocycles. The van der Waals surface area contributed by atoms with Gasteiger partial charge in [-0.3, -0.25) is 4.79 Å². The zero-order valence-corrected chi connectivity index (χ0v) is 16.1. The van der Waals surface area contributed by atoms with Gasteiger partial charge in [0.15, 0.2) is 6.10 Å². The summed E-state index contributed by atoms with van der Waals surface area (Å²) in [6.07, 6.45) is -0.0537. The first-order chi connectivity index (χ1) is 13.6. The highest BCUT2D eigenvalue weighted by atomic mass is 16.5. The number of nitrogens with one attached hydrogen (secondary N) is 1. The molecule has 28 heavy (non-hydrogen) atoms. The van der Waals surface area contributed by atoms with Crippen LogP contribution in [-0.4, -0.2) is 29.3 Å². The fourth-order valence-electron chi connectivity index (χ4n) is 2.59. The van der Waals surface area contributed by atoms with E-state index in [0.717, 1.165) is 11.1 Å². The van der Waals surface area contributed by atoms with Crippen LogP contribution < -0.4 is 14.8 Å². The molecular weight excluding hydrogens is 358 g/mol. The van der Waals surface area contributed by atoms with Crippen LogP contribution >= 0.6 is 0 Å². The summed E-state index contributed by atoms with van der Waals surface area (Å²) in [6, 6.07) is 14.9.